The van der Waals surface area contributed by atoms with Gasteiger partial charge in [-0.2, -0.15) is 0 Å². The molecule has 1 aliphatic rings. The Hall–Kier alpha value is -1.42. The lowest BCUT2D eigenvalue weighted by Crippen LogP contribution is -2.38. The van der Waals surface area contributed by atoms with Gasteiger partial charge in [0.1, 0.15) is 0 Å². The third kappa shape index (κ3) is 6.31. The first-order valence-corrected chi connectivity index (χ1v) is 10.4. The normalized spacial score (nSPS) is 20.3. The molecule has 3 nitrogen and oxygen atoms in total. The summed E-state index contributed by atoms with van der Waals surface area (Å²) in [6.07, 6.45) is 6.27. The summed E-state index contributed by atoms with van der Waals surface area (Å²) in [5.41, 5.74) is 2.33. The van der Waals surface area contributed by atoms with Crippen LogP contribution in [-0.4, -0.2) is 23.7 Å². The van der Waals surface area contributed by atoms with Crippen molar-refractivity contribution in [1.29, 1.82) is 0 Å². The molecule has 146 valence electrons. The van der Waals surface area contributed by atoms with Crippen molar-refractivity contribution >= 4 is 11.6 Å². The Balaban J connectivity index is 1.61. The Morgan fingerprint density at radius 3 is 2.78 bits per heavy atom. The number of nitrogens with zero attached hydrogens (tertiary/aromatic N) is 1. The Kier molecular flexibility index (Phi) is 7.28. The van der Waals surface area contributed by atoms with E-state index in [1.54, 1.807) is 0 Å². The molecular formula is C23H31ClN2O. The first kappa shape index (κ1) is 20.3. The molecule has 0 aliphatic carbocycles. The fourth-order valence-corrected chi connectivity index (χ4v) is 4.35. The molecule has 1 aromatic carbocycles. The highest BCUT2D eigenvalue weighted by Crippen LogP contribution is 2.37. The molecule has 0 amide bonds. The van der Waals surface area contributed by atoms with Gasteiger partial charge in [0.2, 0.25) is 0 Å². The monoisotopic (exact) mass is 386 g/mol. The minimum atomic E-state index is -0.0248. The van der Waals surface area contributed by atoms with Crippen LogP contribution in [0.1, 0.15) is 44.4 Å². The molecule has 0 bridgehead atoms. The molecule has 4 heteroatoms. The van der Waals surface area contributed by atoms with Gasteiger partial charge in [-0.25, -0.2) is 0 Å². The SMILES string of the molecule is CC1(C)C[C@H]([C@@H](CCNCc2ccccn2)Cc2ccccc2Cl)CCO1. The van der Waals surface area contributed by atoms with Crippen LogP contribution in [0.15, 0.2) is 48.7 Å². The van der Waals surface area contributed by atoms with E-state index in [0.29, 0.717) is 11.8 Å². The van der Waals surface area contributed by atoms with Gasteiger partial charge < -0.3 is 10.1 Å². The quantitative estimate of drug-likeness (QED) is 0.627. The molecule has 0 saturated carbocycles. The van der Waals surface area contributed by atoms with Crippen molar-refractivity contribution in [3.8, 4) is 0 Å². The van der Waals surface area contributed by atoms with E-state index >= 15 is 0 Å². The zero-order valence-electron chi connectivity index (χ0n) is 16.5. The van der Waals surface area contributed by atoms with Crippen LogP contribution in [0.5, 0.6) is 0 Å². The molecular weight excluding hydrogens is 356 g/mol. The van der Waals surface area contributed by atoms with Crippen molar-refractivity contribution in [2.75, 3.05) is 13.2 Å². The van der Waals surface area contributed by atoms with E-state index in [1.165, 1.54) is 5.56 Å². The number of nitrogens with one attached hydrogen (secondary N) is 1. The van der Waals surface area contributed by atoms with Crippen LogP contribution in [0.3, 0.4) is 0 Å². The summed E-state index contributed by atoms with van der Waals surface area (Å²) in [7, 11) is 0. The molecule has 3 rings (SSSR count). The number of aromatic nitrogens is 1. The van der Waals surface area contributed by atoms with Crippen molar-refractivity contribution in [3.63, 3.8) is 0 Å². The molecule has 2 atom stereocenters. The van der Waals surface area contributed by atoms with Gasteiger partial charge in [-0.1, -0.05) is 35.9 Å². The standard InChI is InChI=1S/C23H31ClN2O/c1-23(2)16-20(11-14-27-23)18(15-19-7-3-4-9-22(19)24)10-13-25-17-21-8-5-6-12-26-21/h3-9,12,18,20,25H,10-11,13-17H2,1-2H3/t18-,20+/m0/s1. The van der Waals surface area contributed by atoms with Gasteiger partial charge in [-0.05, 0) is 81.7 Å². The van der Waals surface area contributed by atoms with E-state index in [9.17, 15) is 0 Å². The van der Waals surface area contributed by atoms with E-state index < -0.39 is 0 Å². The van der Waals surface area contributed by atoms with E-state index in [4.69, 9.17) is 16.3 Å². The highest BCUT2D eigenvalue weighted by molar-refractivity contribution is 6.31. The number of halogens is 1. The van der Waals surface area contributed by atoms with Crippen molar-refractivity contribution in [3.05, 3.63) is 64.9 Å². The number of rotatable bonds is 8. The number of benzene rings is 1. The second-order valence-electron chi connectivity index (χ2n) is 8.20. The fourth-order valence-electron chi connectivity index (χ4n) is 4.14. The molecule has 1 N–H and O–H groups in total. The van der Waals surface area contributed by atoms with Crippen molar-refractivity contribution in [1.82, 2.24) is 10.3 Å². The number of hydrogen-bond acceptors (Lipinski definition) is 3. The third-order valence-electron chi connectivity index (χ3n) is 5.57. The summed E-state index contributed by atoms with van der Waals surface area (Å²) in [5, 5.41) is 4.45. The van der Waals surface area contributed by atoms with Crippen LogP contribution < -0.4 is 5.32 Å². The molecule has 1 saturated heterocycles. The molecule has 1 fully saturated rings. The fraction of sp³-hybridized carbons (Fsp3) is 0.522. The average molecular weight is 387 g/mol. The van der Waals surface area contributed by atoms with Gasteiger partial charge in [0.25, 0.3) is 0 Å². The van der Waals surface area contributed by atoms with Crippen LogP contribution in [-0.2, 0) is 17.7 Å². The van der Waals surface area contributed by atoms with E-state index in [2.05, 4.69) is 42.3 Å². The van der Waals surface area contributed by atoms with Crippen LogP contribution >= 0.6 is 11.6 Å². The summed E-state index contributed by atoms with van der Waals surface area (Å²) in [6.45, 7) is 7.09. The highest BCUT2D eigenvalue weighted by Gasteiger charge is 2.33. The van der Waals surface area contributed by atoms with Crippen LogP contribution in [0.4, 0.5) is 0 Å². The highest BCUT2D eigenvalue weighted by atomic mass is 35.5. The lowest BCUT2D eigenvalue weighted by Gasteiger charge is -2.39. The van der Waals surface area contributed by atoms with Gasteiger partial charge in [-0.3, -0.25) is 4.98 Å². The van der Waals surface area contributed by atoms with E-state index in [1.807, 2.05) is 30.5 Å². The molecule has 0 spiro atoms. The lowest BCUT2D eigenvalue weighted by molar-refractivity contribution is -0.0830. The second-order valence-corrected chi connectivity index (χ2v) is 8.61. The number of pyridine rings is 1. The second kappa shape index (κ2) is 9.68. The zero-order chi connectivity index (χ0) is 19.1. The Morgan fingerprint density at radius 2 is 2.04 bits per heavy atom. The zero-order valence-corrected chi connectivity index (χ0v) is 17.2. The smallest absolute Gasteiger partial charge is 0.0629 e. The maximum atomic E-state index is 6.46. The molecule has 0 radical (unpaired) electrons. The third-order valence-corrected chi connectivity index (χ3v) is 5.93. The first-order chi connectivity index (χ1) is 13.0. The predicted octanol–water partition coefficient (Wildman–Crippen LogP) is 5.28. The summed E-state index contributed by atoms with van der Waals surface area (Å²) in [6, 6.07) is 14.3. The van der Waals surface area contributed by atoms with Crippen molar-refractivity contribution < 1.29 is 4.74 Å². The summed E-state index contributed by atoms with van der Waals surface area (Å²) < 4.78 is 5.95. The predicted molar refractivity (Wildman–Crippen MR) is 112 cm³/mol. The molecule has 27 heavy (non-hydrogen) atoms. The van der Waals surface area contributed by atoms with Crippen LogP contribution in [0.2, 0.25) is 5.02 Å². The van der Waals surface area contributed by atoms with Crippen LogP contribution in [0.25, 0.3) is 0 Å². The number of ether oxygens (including phenoxy) is 1. The van der Waals surface area contributed by atoms with Gasteiger partial charge in [0.15, 0.2) is 0 Å². The number of hydrogen-bond donors (Lipinski definition) is 1. The van der Waals surface area contributed by atoms with E-state index in [-0.39, 0.29) is 5.60 Å². The first-order valence-electron chi connectivity index (χ1n) is 10.0. The van der Waals surface area contributed by atoms with Crippen molar-refractivity contribution in [2.45, 2.75) is 51.7 Å². The Bertz CT molecular complexity index is 705. The molecule has 2 heterocycles. The molecule has 2 aromatic rings. The minimum absolute atomic E-state index is 0.0248. The van der Waals surface area contributed by atoms with Crippen molar-refractivity contribution in [2.24, 2.45) is 11.8 Å². The topological polar surface area (TPSA) is 34.2 Å². The Labute approximate surface area is 168 Å². The van der Waals surface area contributed by atoms with Gasteiger partial charge in [-0.15, -0.1) is 0 Å². The average Bonchev–Trinajstić information content (AvgIpc) is 2.66. The summed E-state index contributed by atoms with van der Waals surface area (Å²) in [5.74, 6) is 1.27. The molecule has 1 aliphatic heterocycles. The summed E-state index contributed by atoms with van der Waals surface area (Å²) >= 11 is 6.46. The molecule has 1 aromatic heterocycles. The maximum absolute atomic E-state index is 6.46. The van der Waals surface area contributed by atoms with Gasteiger partial charge in [0.05, 0.1) is 11.3 Å². The largest absolute Gasteiger partial charge is 0.376 e. The van der Waals surface area contributed by atoms with Gasteiger partial charge >= 0.3 is 0 Å². The van der Waals surface area contributed by atoms with E-state index in [0.717, 1.165) is 56.1 Å². The molecule has 0 unspecified atom stereocenters. The maximum Gasteiger partial charge on any atom is 0.0629 e. The minimum Gasteiger partial charge on any atom is -0.376 e. The van der Waals surface area contributed by atoms with Crippen LogP contribution in [0, 0.1) is 11.8 Å². The van der Waals surface area contributed by atoms with Gasteiger partial charge in [0, 0.05) is 24.4 Å². The summed E-state index contributed by atoms with van der Waals surface area (Å²) in [4.78, 5) is 4.39. The lowest BCUT2D eigenvalue weighted by atomic mass is 9.75. The Morgan fingerprint density at radius 1 is 1.22 bits per heavy atom.